The lowest BCUT2D eigenvalue weighted by Gasteiger charge is -2.01. The van der Waals surface area contributed by atoms with Crippen molar-refractivity contribution < 1.29 is 9.90 Å². The van der Waals surface area contributed by atoms with E-state index in [0.717, 1.165) is 15.6 Å². The molecule has 1 amide bonds. The second kappa shape index (κ2) is 6.86. The summed E-state index contributed by atoms with van der Waals surface area (Å²) in [7, 11) is 0. The summed E-state index contributed by atoms with van der Waals surface area (Å²) < 4.78 is 0.955. The molecule has 0 unspecified atom stereocenters. The molecule has 0 aliphatic rings. The molecule has 0 saturated heterocycles. The number of carbonyl (C=O) groups is 1. The molecule has 0 fully saturated rings. The number of hydrazone groups is 1. The van der Waals surface area contributed by atoms with Gasteiger partial charge in [-0.2, -0.15) is 5.10 Å². The number of phenolic OH excluding ortho intramolecular Hbond substituents is 1. The van der Waals surface area contributed by atoms with Crippen LogP contribution in [0.2, 0.25) is 0 Å². The van der Waals surface area contributed by atoms with Crippen LogP contribution in [0.25, 0.3) is 0 Å². The van der Waals surface area contributed by atoms with Crippen molar-refractivity contribution in [1.82, 2.24) is 5.43 Å². The predicted molar refractivity (Wildman–Crippen MR) is 81.7 cm³/mol. The van der Waals surface area contributed by atoms with E-state index in [1.165, 1.54) is 0 Å². The highest BCUT2D eigenvalue weighted by Crippen LogP contribution is 2.10. The Labute approximate surface area is 125 Å². The number of hydrogen-bond donors (Lipinski definition) is 2. The van der Waals surface area contributed by atoms with Gasteiger partial charge in [0.25, 0.3) is 0 Å². The largest absolute Gasteiger partial charge is 0.508 e. The van der Waals surface area contributed by atoms with E-state index in [2.05, 4.69) is 26.5 Å². The molecular weight excluding hydrogens is 320 g/mol. The first kappa shape index (κ1) is 14.3. The number of aromatic hydroxyl groups is 1. The summed E-state index contributed by atoms with van der Waals surface area (Å²) in [5, 5.41) is 13.1. The average molecular weight is 333 g/mol. The van der Waals surface area contributed by atoms with Gasteiger partial charge in [-0.3, -0.25) is 4.79 Å². The van der Waals surface area contributed by atoms with Gasteiger partial charge in [0.15, 0.2) is 0 Å². The third-order valence-corrected chi connectivity index (χ3v) is 3.05. The molecule has 0 spiro atoms. The van der Waals surface area contributed by atoms with Gasteiger partial charge in [0.1, 0.15) is 5.75 Å². The van der Waals surface area contributed by atoms with E-state index in [0.29, 0.717) is 0 Å². The zero-order valence-electron chi connectivity index (χ0n) is 10.6. The highest BCUT2D eigenvalue weighted by atomic mass is 79.9. The third-order valence-electron chi connectivity index (χ3n) is 2.55. The molecule has 4 nitrogen and oxygen atoms in total. The molecule has 0 heterocycles. The zero-order valence-corrected chi connectivity index (χ0v) is 12.2. The molecule has 0 radical (unpaired) electrons. The Morgan fingerprint density at radius 1 is 1.25 bits per heavy atom. The van der Waals surface area contributed by atoms with Gasteiger partial charge in [-0.1, -0.05) is 40.2 Å². The van der Waals surface area contributed by atoms with Crippen LogP contribution in [-0.2, 0) is 11.2 Å². The van der Waals surface area contributed by atoms with Crippen molar-refractivity contribution in [2.24, 2.45) is 5.10 Å². The van der Waals surface area contributed by atoms with E-state index >= 15 is 0 Å². The smallest absolute Gasteiger partial charge is 0.244 e. The van der Waals surface area contributed by atoms with Crippen LogP contribution < -0.4 is 5.43 Å². The highest BCUT2D eigenvalue weighted by molar-refractivity contribution is 9.10. The Morgan fingerprint density at radius 2 is 2.00 bits per heavy atom. The fourth-order valence-corrected chi connectivity index (χ4v) is 2.02. The van der Waals surface area contributed by atoms with Crippen molar-refractivity contribution in [2.45, 2.75) is 6.42 Å². The Bertz CT molecular complexity index is 624. The average Bonchev–Trinajstić information content (AvgIpc) is 2.41. The van der Waals surface area contributed by atoms with Crippen LogP contribution in [0.3, 0.4) is 0 Å². The van der Waals surface area contributed by atoms with Crippen molar-refractivity contribution >= 4 is 28.1 Å². The summed E-state index contributed by atoms with van der Waals surface area (Å²) in [6.07, 6.45) is 1.80. The number of rotatable bonds is 4. The lowest BCUT2D eigenvalue weighted by atomic mass is 10.1. The van der Waals surface area contributed by atoms with Crippen molar-refractivity contribution in [3.05, 3.63) is 64.1 Å². The Kier molecular flexibility index (Phi) is 4.90. The number of nitrogens with one attached hydrogen (secondary N) is 1. The molecule has 0 atom stereocenters. The van der Waals surface area contributed by atoms with Crippen molar-refractivity contribution in [2.75, 3.05) is 0 Å². The minimum atomic E-state index is -0.207. The lowest BCUT2D eigenvalue weighted by Crippen LogP contribution is -2.19. The first-order valence-corrected chi connectivity index (χ1v) is 6.78. The molecule has 0 aliphatic heterocycles. The molecule has 2 N–H and O–H groups in total. The van der Waals surface area contributed by atoms with Crippen LogP contribution in [0.4, 0.5) is 0 Å². The van der Waals surface area contributed by atoms with Gasteiger partial charge in [0, 0.05) is 4.47 Å². The number of carbonyl (C=O) groups excluding carboxylic acids is 1. The first-order chi connectivity index (χ1) is 9.63. The summed E-state index contributed by atoms with van der Waals surface area (Å²) in [6, 6.07) is 14.1. The number of amides is 1. The van der Waals surface area contributed by atoms with Gasteiger partial charge < -0.3 is 5.11 Å². The van der Waals surface area contributed by atoms with E-state index in [9.17, 15) is 4.79 Å². The number of nitrogens with zero attached hydrogens (tertiary/aromatic N) is 1. The first-order valence-electron chi connectivity index (χ1n) is 5.99. The van der Waals surface area contributed by atoms with Crippen LogP contribution >= 0.6 is 15.9 Å². The van der Waals surface area contributed by atoms with Gasteiger partial charge in [-0.05, 0) is 35.4 Å². The van der Waals surface area contributed by atoms with Crippen molar-refractivity contribution in [1.29, 1.82) is 0 Å². The topological polar surface area (TPSA) is 61.7 Å². The Morgan fingerprint density at radius 3 is 2.70 bits per heavy atom. The van der Waals surface area contributed by atoms with E-state index in [1.54, 1.807) is 30.5 Å². The molecule has 20 heavy (non-hydrogen) atoms. The molecule has 0 bridgehead atoms. The molecule has 102 valence electrons. The summed E-state index contributed by atoms with van der Waals surface area (Å²) >= 11 is 3.36. The number of phenols is 1. The van der Waals surface area contributed by atoms with Gasteiger partial charge in [0.2, 0.25) is 5.91 Å². The highest BCUT2D eigenvalue weighted by Gasteiger charge is 2.01. The molecule has 2 rings (SSSR count). The van der Waals surface area contributed by atoms with E-state index in [1.807, 2.05) is 24.3 Å². The van der Waals surface area contributed by atoms with E-state index in [4.69, 9.17) is 5.11 Å². The molecule has 2 aromatic rings. The lowest BCUT2D eigenvalue weighted by molar-refractivity contribution is -0.120. The van der Waals surface area contributed by atoms with Gasteiger partial charge in [0.05, 0.1) is 12.6 Å². The molecule has 0 aliphatic carbocycles. The summed E-state index contributed by atoms with van der Waals surface area (Å²) in [5.74, 6) is -0.0243. The molecule has 5 heteroatoms. The monoisotopic (exact) mass is 332 g/mol. The van der Waals surface area contributed by atoms with Crippen LogP contribution in [0, 0.1) is 0 Å². The maximum atomic E-state index is 11.7. The maximum absolute atomic E-state index is 11.7. The van der Waals surface area contributed by atoms with E-state index in [-0.39, 0.29) is 18.1 Å². The van der Waals surface area contributed by atoms with Crippen LogP contribution in [-0.4, -0.2) is 17.2 Å². The van der Waals surface area contributed by atoms with Crippen molar-refractivity contribution in [3.8, 4) is 5.75 Å². The minimum absolute atomic E-state index is 0.182. The van der Waals surface area contributed by atoms with Gasteiger partial charge in [-0.15, -0.1) is 0 Å². The van der Waals surface area contributed by atoms with Crippen LogP contribution in [0.5, 0.6) is 5.75 Å². The Balaban J connectivity index is 1.87. The maximum Gasteiger partial charge on any atom is 0.244 e. The number of hydrogen-bond acceptors (Lipinski definition) is 3. The third kappa shape index (κ3) is 4.51. The number of benzene rings is 2. The quantitative estimate of drug-likeness (QED) is 0.668. The number of halogens is 1. The van der Waals surface area contributed by atoms with Gasteiger partial charge in [-0.25, -0.2) is 5.43 Å². The Hall–Kier alpha value is -2.14. The molecule has 2 aromatic carbocycles. The van der Waals surface area contributed by atoms with E-state index < -0.39 is 0 Å². The molecule has 0 saturated carbocycles. The summed E-state index contributed by atoms with van der Waals surface area (Å²) in [5.41, 5.74) is 4.18. The zero-order chi connectivity index (χ0) is 14.4. The predicted octanol–water partition coefficient (Wildman–Crippen LogP) is 2.85. The molecule has 0 aromatic heterocycles. The fourth-order valence-electron chi connectivity index (χ4n) is 1.60. The normalized spacial score (nSPS) is 10.7. The van der Waals surface area contributed by atoms with Gasteiger partial charge >= 0.3 is 0 Å². The summed E-state index contributed by atoms with van der Waals surface area (Å²) in [4.78, 5) is 11.7. The van der Waals surface area contributed by atoms with Crippen molar-refractivity contribution in [3.63, 3.8) is 0 Å². The SMILES string of the molecule is O=C(Cc1ccc(O)cc1)N/N=C\c1cccc(Br)c1. The second-order valence-corrected chi connectivity index (χ2v) is 5.11. The second-order valence-electron chi connectivity index (χ2n) is 4.19. The molecular formula is C15H13BrN2O2. The van der Waals surface area contributed by atoms with Crippen LogP contribution in [0.15, 0.2) is 58.1 Å². The van der Waals surface area contributed by atoms with Crippen LogP contribution in [0.1, 0.15) is 11.1 Å². The fraction of sp³-hybridized carbons (Fsp3) is 0.0667. The minimum Gasteiger partial charge on any atom is -0.508 e. The standard InChI is InChI=1S/C15H13BrN2O2/c16-13-3-1-2-12(8-13)10-17-18-15(20)9-11-4-6-14(19)7-5-11/h1-8,10,19H,9H2,(H,18,20)/b17-10-. The summed E-state index contributed by atoms with van der Waals surface area (Å²) in [6.45, 7) is 0.